The second kappa shape index (κ2) is 11.1. The number of hydrogen-bond donors (Lipinski definition) is 0. The largest absolute Gasteiger partial charge is 0.342 e. The summed E-state index contributed by atoms with van der Waals surface area (Å²) in [5, 5.41) is 0. The first-order chi connectivity index (χ1) is 15.7. The second-order valence-electron chi connectivity index (χ2n) is 8.75. The van der Waals surface area contributed by atoms with Gasteiger partial charge in [-0.05, 0) is 24.0 Å². The molecule has 2 aromatic rings. The molecule has 2 aliphatic heterocycles. The number of hydrogen-bond acceptors (Lipinski definition) is 3. The van der Waals surface area contributed by atoms with E-state index in [0.29, 0.717) is 25.9 Å². The minimum absolute atomic E-state index is 0.0620. The molecular weight excluding hydrogens is 398 g/mol. The van der Waals surface area contributed by atoms with Crippen molar-refractivity contribution in [3.8, 4) is 0 Å². The van der Waals surface area contributed by atoms with E-state index in [0.717, 1.165) is 39.1 Å². The Hall–Kier alpha value is -2.92. The molecule has 2 saturated heterocycles. The fourth-order valence-electron chi connectivity index (χ4n) is 4.55. The summed E-state index contributed by atoms with van der Waals surface area (Å²) >= 11 is 0. The number of benzene rings is 2. The van der Waals surface area contributed by atoms with Crippen molar-refractivity contribution in [2.24, 2.45) is 5.92 Å². The summed E-state index contributed by atoms with van der Waals surface area (Å²) in [6.45, 7) is 5.49. The molecule has 4 rings (SSSR count). The first kappa shape index (κ1) is 22.3. The first-order valence-electron chi connectivity index (χ1n) is 11.7. The molecule has 0 bridgehead atoms. The van der Waals surface area contributed by atoms with Crippen LogP contribution in [0.1, 0.15) is 24.0 Å². The zero-order valence-corrected chi connectivity index (χ0v) is 18.7. The summed E-state index contributed by atoms with van der Waals surface area (Å²) in [5.74, 6) is 0.342. The third-order valence-electron chi connectivity index (χ3n) is 6.52. The fraction of sp³-hybridized carbons (Fsp3) is 0.407. The van der Waals surface area contributed by atoms with E-state index in [9.17, 15) is 9.59 Å². The average Bonchev–Trinajstić information content (AvgIpc) is 2.85. The number of carbonyl (C=O) groups excluding carboxylic acids is 2. The van der Waals surface area contributed by atoms with Crippen molar-refractivity contribution < 1.29 is 9.59 Å². The van der Waals surface area contributed by atoms with Crippen LogP contribution < -0.4 is 0 Å². The maximum atomic E-state index is 13.1. The van der Waals surface area contributed by atoms with Crippen molar-refractivity contribution in [2.75, 3.05) is 45.8 Å². The highest BCUT2D eigenvalue weighted by atomic mass is 16.2. The molecule has 2 aliphatic rings. The Labute approximate surface area is 191 Å². The molecule has 0 radical (unpaired) electrons. The molecule has 1 unspecified atom stereocenters. The highest BCUT2D eigenvalue weighted by molar-refractivity contribution is 5.84. The van der Waals surface area contributed by atoms with Crippen LogP contribution in [0.5, 0.6) is 0 Å². The van der Waals surface area contributed by atoms with Crippen LogP contribution in [0.25, 0.3) is 6.08 Å². The molecule has 2 aromatic carbocycles. The van der Waals surface area contributed by atoms with Gasteiger partial charge in [-0.3, -0.25) is 14.5 Å². The van der Waals surface area contributed by atoms with E-state index < -0.39 is 0 Å². The highest BCUT2D eigenvalue weighted by Gasteiger charge is 2.33. The van der Waals surface area contributed by atoms with Gasteiger partial charge in [0.05, 0.1) is 5.92 Å². The van der Waals surface area contributed by atoms with Crippen molar-refractivity contribution in [3.63, 3.8) is 0 Å². The molecule has 2 heterocycles. The molecule has 1 atom stereocenters. The Balaban J connectivity index is 1.22. The number of nitrogens with zero attached hydrogens (tertiary/aromatic N) is 3. The van der Waals surface area contributed by atoms with E-state index in [1.54, 1.807) is 0 Å². The molecule has 0 N–H and O–H groups in total. The lowest BCUT2D eigenvalue weighted by Gasteiger charge is -2.38. The van der Waals surface area contributed by atoms with Crippen molar-refractivity contribution in [3.05, 3.63) is 77.9 Å². The van der Waals surface area contributed by atoms with Gasteiger partial charge >= 0.3 is 0 Å². The summed E-state index contributed by atoms with van der Waals surface area (Å²) in [6, 6.07) is 20.6. The molecule has 2 fully saturated rings. The van der Waals surface area contributed by atoms with Crippen LogP contribution in [0.15, 0.2) is 66.7 Å². The summed E-state index contributed by atoms with van der Waals surface area (Å²) in [5.41, 5.74) is 2.44. The summed E-state index contributed by atoms with van der Waals surface area (Å²) in [6.07, 6.45) is 6.35. The molecule has 0 spiro atoms. The van der Waals surface area contributed by atoms with Gasteiger partial charge in [0.25, 0.3) is 0 Å². The van der Waals surface area contributed by atoms with Gasteiger partial charge in [-0.25, -0.2) is 0 Å². The lowest BCUT2D eigenvalue weighted by molar-refractivity contribution is -0.144. The Morgan fingerprint density at radius 1 is 0.938 bits per heavy atom. The quantitative estimate of drug-likeness (QED) is 0.676. The lowest BCUT2D eigenvalue weighted by Crippen LogP contribution is -2.53. The van der Waals surface area contributed by atoms with Crippen LogP contribution in [-0.2, 0) is 16.0 Å². The SMILES string of the molecule is O=C1CCC(C(=O)N2CCN(CC=Cc3ccccc3)CC2)CN1CCc1ccccc1. The molecule has 5 heteroatoms. The number of piperazine rings is 1. The van der Waals surface area contributed by atoms with Crippen LogP contribution in [0.4, 0.5) is 0 Å². The predicted octanol–water partition coefficient (Wildman–Crippen LogP) is 3.33. The second-order valence-corrected chi connectivity index (χ2v) is 8.75. The fourth-order valence-corrected chi connectivity index (χ4v) is 4.55. The Morgan fingerprint density at radius 2 is 1.62 bits per heavy atom. The number of carbonyl (C=O) groups is 2. The molecule has 0 aliphatic carbocycles. The Bertz CT molecular complexity index is 905. The summed E-state index contributed by atoms with van der Waals surface area (Å²) < 4.78 is 0. The first-order valence-corrected chi connectivity index (χ1v) is 11.7. The van der Waals surface area contributed by atoms with Crippen molar-refractivity contribution in [1.29, 1.82) is 0 Å². The highest BCUT2D eigenvalue weighted by Crippen LogP contribution is 2.21. The zero-order valence-electron chi connectivity index (χ0n) is 18.7. The van der Waals surface area contributed by atoms with Gasteiger partial charge < -0.3 is 9.80 Å². The van der Waals surface area contributed by atoms with Crippen molar-refractivity contribution >= 4 is 17.9 Å². The third kappa shape index (κ3) is 6.07. The van der Waals surface area contributed by atoms with Gasteiger partial charge in [0.1, 0.15) is 0 Å². The molecule has 2 amide bonds. The molecule has 5 nitrogen and oxygen atoms in total. The minimum Gasteiger partial charge on any atom is -0.342 e. The van der Waals surface area contributed by atoms with E-state index >= 15 is 0 Å². The van der Waals surface area contributed by atoms with Gasteiger partial charge in [0, 0.05) is 52.2 Å². The molecule has 32 heavy (non-hydrogen) atoms. The number of likely N-dealkylation sites (tertiary alicyclic amines) is 1. The average molecular weight is 432 g/mol. The van der Waals surface area contributed by atoms with Crippen LogP contribution >= 0.6 is 0 Å². The monoisotopic (exact) mass is 431 g/mol. The van der Waals surface area contributed by atoms with Gasteiger partial charge in [0.15, 0.2) is 0 Å². The maximum absolute atomic E-state index is 13.1. The number of rotatable bonds is 7. The van der Waals surface area contributed by atoms with Crippen LogP contribution in [-0.4, -0.2) is 72.3 Å². The molecule has 0 saturated carbocycles. The maximum Gasteiger partial charge on any atom is 0.227 e. The predicted molar refractivity (Wildman–Crippen MR) is 128 cm³/mol. The van der Waals surface area contributed by atoms with Crippen molar-refractivity contribution in [2.45, 2.75) is 19.3 Å². The van der Waals surface area contributed by atoms with E-state index in [-0.39, 0.29) is 17.7 Å². The lowest BCUT2D eigenvalue weighted by atomic mass is 9.95. The molecular formula is C27H33N3O2. The topological polar surface area (TPSA) is 43.9 Å². The van der Waals surface area contributed by atoms with E-state index in [1.807, 2.05) is 46.2 Å². The number of piperidine rings is 1. The van der Waals surface area contributed by atoms with Crippen LogP contribution in [0.2, 0.25) is 0 Å². The smallest absolute Gasteiger partial charge is 0.227 e. The van der Waals surface area contributed by atoms with Gasteiger partial charge in [-0.15, -0.1) is 0 Å². The zero-order chi connectivity index (χ0) is 22.2. The van der Waals surface area contributed by atoms with E-state index in [2.05, 4.69) is 41.3 Å². The number of amides is 2. The standard InChI is InChI=1S/C27H33N3O2/c31-26-14-13-25(22-30(26)17-15-24-10-5-2-6-11-24)27(32)29-20-18-28(19-21-29)16-7-12-23-8-3-1-4-9-23/h1-12,25H,13-22H2. The van der Waals surface area contributed by atoms with Crippen LogP contribution in [0.3, 0.4) is 0 Å². The van der Waals surface area contributed by atoms with Gasteiger partial charge in [-0.1, -0.05) is 72.8 Å². The van der Waals surface area contributed by atoms with E-state index in [1.165, 1.54) is 11.1 Å². The third-order valence-corrected chi connectivity index (χ3v) is 6.52. The van der Waals surface area contributed by atoms with Gasteiger partial charge in [0.2, 0.25) is 11.8 Å². The normalized spacial score (nSPS) is 20.1. The Morgan fingerprint density at radius 3 is 2.34 bits per heavy atom. The van der Waals surface area contributed by atoms with Gasteiger partial charge in [-0.2, -0.15) is 0 Å². The minimum atomic E-state index is -0.0620. The summed E-state index contributed by atoms with van der Waals surface area (Å²) in [4.78, 5) is 31.8. The van der Waals surface area contributed by atoms with Crippen molar-refractivity contribution in [1.82, 2.24) is 14.7 Å². The molecule has 168 valence electrons. The molecule has 0 aromatic heterocycles. The van der Waals surface area contributed by atoms with E-state index in [4.69, 9.17) is 0 Å². The summed E-state index contributed by atoms with van der Waals surface area (Å²) in [7, 11) is 0. The van der Waals surface area contributed by atoms with Crippen LogP contribution in [0, 0.1) is 5.92 Å². The Kier molecular flexibility index (Phi) is 7.73.